The average Bonchev–Trinajstić information content (AvgIpc) is 2.98. The average molecular weight is 364 g/mol. The second-order valence-electron chi connectivity index (χ2n) is 6.29. The second kappa shape index (κ2) is 6.60. The number of hydrogen-bond acceptors (Lipinski definition) is 4. The molecule has 0 N–H and O–H groups in total. The first-order valence-electron chi connectivity index (χ1n) is 7.87. The molecule has 2 atom stereocenters. The SMILES string of the molecule is CC1CCc2c(C(=O)C(C#N)c3ccc(C(F)(F)F)cn3)csc2C1. The molecule has 1 aliphatic carbocycles. The van der Waals surface area contributed by atoms with E-state index in [1.807, 2.05) is 6.07 Å². The van der Waals surface area contributed by atoms with Crippen molar-refractivity contribution in [3.05, 3.63) is 51.0 Å². The highest BCUT2D eigenvalue weighted by Gasteiger charge is 2.33. The monoisotopic (exact) mass is 364 g/mol. The van der Waals surface area contributed by atoms with Gasteiger partial charge in [0.2, 0.25) is 0 Å². The van der Waals surface area contributed by atoms with Crippen molar-refractivity contribution in [3.63, 3.8) is 0 Å². The predicted octanol–water partition coefficient (Wildman–Crippen LogP) is 4.78. The number of ketones is 1. The van der Waals surface area contributed by atoms with Crippen LogP contribution in [0.5, 0.6) is 0 Å². The number of hydrogen-bond donors (Lipinski definition) is 0. The Morgan fingerprint density at radius 3 is 2.80 bits per heavy atom. The van der Waals surface area contributed by atoms with Crippen LogP contribution in [0.2, 0.25) is 0 Å². The lowest BCUT2D eigenvalue weighted by Crippen LogP contribution is -2.17. The minimum absolute atomic E-state index is 0.0460. The summed E-state index contributed by atoms with van der Waals surface area (Å²) in [5, 5.41) is 11.2. The third kappa shape index (κ3) is 3.45. The molecule has 3 rings (SSSR count). The van der Waals surface area contributed by atoms with Gasteiger partial charge in [-0.15, -0.1) is 11.3 Å². The number of thiophene rings is 1. The molecular formula is C18H15F3N2OS. The fraction of sp³-hybridized carbons (Fsp3) is 0.389. The van der Waals surface area contributed by atoms with Crippen molar-refractivity contribution in [2.45, 2.75) is 38.3 Å². The van der Waals surface area contributed by atoms with Crippen LogP contribution in [0.25, 0.3) is 0 Å². The minimum atomic E-state index is -4.50. The van der Waals surface area contributed by atoms with Crippen LogP contribution in [-0.4, -0.2) is 10.8 Å². The first kappa shape index (κ1) is 17.6. The molecule has 0 radical (unpaired) electrons. The van der Waals surface area contributed by atoms with E-state index in [9.17, 15) is 23.2 Å². The van der Waals surface area contributed by atoms with E-state index < -0.39 is 17.7 Å². The Morgan fingerprint density at radius 2 is 2.20 bits per heavy atom. The molecule has 1 aliphatic rings. The molecule has 0 bridgehead atoms. The highest BCUT2D eigenvalue weighted by Crippen LogP contribution is 2.35. The molecule has 25 heavy (non-hydrogen) atoms. The van der Waals surface area contributed by atoms with Gasteiger partial charge >= 0.3 is 6.18 Å². The summed E-state index contributed by atoms with van der Waals surface area (Å²) in [7, 11) is 0. The van der Waals surface area contributed by atoms with Gasteiger partial charge in [-0.1, -0.05) is 6.92 Å². The van der Waals surface area contributed by atoms with Gasteiger partial charge in [-0.2, -0.15) is 18.4 Å². The lowest BCUT2D eigenvalue weighted by Gasteiger charge is -2.19. The van der Waals surface area contributed by atoms with Gasteiger partial charge in [-0.3, -0.25) is 9.78 Å². The van der Waals surface area contributed by atoms with Gasteiger partial charge in [0.25, 0.3) is 0 Å². The molecule has 130 valence electrons. The van der Waals surface area contributed by atoms with Gasteiger partial charge in [0, 0.05) is 22.0 Å². The van der Waals surface area contributed by atoms with Crippen LogP contribution in [-0.2, 0) is 19.0 Å². The Labute approximate surface area is 147 Å². The number of nitrogens with zero attached hydrogens (tertiary/aromatic N) is 2. The first-order chi connectivity index (χ1) is 11.8. The maximum absolute atomic E-state index is 12.8. The molecule has 0 amide bonds. The molecule has 7 heteroatoms. The molecule has 2 heterocycles. The van der Waals surface area contributed by atoms with E-state index >= 15 is 0 Å². The molecule has 0 saturated heterocycles. The number of carbonyl (C=O) groups is 1. The number of fused-ring (bicyclic) bond motifs is 1. The zero-order chi connectivity index (χ0) is 18.2. The van der Waals surface area contributed by atoms with Crippen molar-refractivity contribution in [3.8, 4) is 6.07 Å². The summed E-state index contributed by atoms with van der Waals surface area (Å²) in [6.45, 7) is 2.16. The second-order valence-corrected chi connectivity index (χ2v) is 7.26. The summed E-state index contributed by atoms with van der Waals surface area (Å²) in [6, 6.07) is 3.85. The number of halogens is 3. The topological polar surface area (TPSA) is 53.8 Å². The van der Waals surface area contributed by atoms with Crippen LogP contribution >= 0.6 is 11.3 Å². The summed E-state index contributed by atoms with van der Waals surface area (Å²) in [5.41, 5.74) is 0.646. The molecule has 0 saturated carbocycles. The fourth-order valence-corrected chi connectivity index (χ4v) is 4.30. The molecule has 2 aromatic heterocycles. The number of Topliss-reactive ketones (excluding diaryl/α,β-unsaturated/α-hetero) is 1. The van der Waals surface area contributed by atoms with Gasteiger partial charge in [0.15, 0.2) is 11.7 Å². The lowest BCUT2D eigenvalue weighted by molar-refractivity contribution is -0.137. The predicted molar refractivity (Wildman–Crippen MR) is 87.4 cm³/mol. The third-order valence-corrected chi connectivity index (χ3v) is 5.52. The molecule has 0 aromatic carbocycles. The zero-order valence-corrected chi connectivity index (χ0v) is 14.2. The van der Waals surface area contributed by atoms with E-state index in [0.717, 1.165) is 37.0 Å². The maximum atomic E-state index is 12.8. The first-order valence-corrected chi connectivity index (χ1v) is 8.75. The zero-order valence-electron chi connectivity index (χ0n) is 13.4. The Balaban J connectivity index is 1.89. The Kier molecular flexibility index (Phi) is 4.65. The summed E-state index contributed by atoms with van der Waals surface area (Å²) in [6.07, 6.45) is -1.14. The van der Waals surface area contributed by atoms with Crippen molar-refractivity contribution in [1.82, 2.24) is 4.98 Å². The standard InChI is InChI=1S/C18H15F3N2OS/c1-10-2-4-12-14(9-25-16(12)6-10)17(24)13(7-22)15-5-3-11(8-23-15)18(19,20)21/h3,5,8-10,13H,2,4,6H2,1H3. The van der Waals surface area contributed by atoms with Gasteiger partial charge in [0.05, 0.1) is 17.3 Å². The Bertz CT molecular complexity index is 833. The normalized spacial score (nSPS) is 18.3. The number of pyridine rings is 1. The van der Waals surface area contributed by atoms with Crippen LogP contribution in [0.15, 0.2) is 23.7 Å². The molecule has 0 aliphatic heterocycles. The molecule has 0 spiro atoms. The Hall–Kier alpha value is -2.20. The fourth-order valence-electron chi connectivity index (χ4n) is 3.04. The van der Waals surface area contributed by atoms with E-state index in [1.165, 1.54) is 16.2 Å². The Morgan fingerprint density at radius 1 is 1.44 bits per heavy atom. The van der Waals surface area contributed by atoms with Gasteiger partial charge < -0.3 is 0 Å². The number of alkyl halides is 3. The summed E-state index contributed by atoms with van der Waals surface area (Å²) in [4.78, 5) is 17.7. The number of aromatic nitrogens is 1. The summed E-state index contributed by atoms with van der Waals surface area (Å²) < 4.78 is 37.9. The smallest absolute Gasteiger partial charge is 0.292 e. The van der Waals surface area contributed by atoms with Gasteiger partial charge in [-0.25, -0.2) is 0 Å². The lowest BCUT2D eigenvalue weighted by atomic mass is 9.85. The van der Waals surface area contributed by atoms with Crippen LogP contribution < -0.4 is 0 Å². The highest BCUT2D eigenvalue weighted by atomic mass is 32.1. The van der Waals surface area contributed by atoms with E-state index in [0.29, 0.717) is 17.7 Å². The van der Waals surface area contributed by atoms with Gasteiger partial charge in [0.1, 0.15) is 0 Å². The third-order valence-electron chi connectivity index (χ3n) is 4.47. The largest absolute Gasteiger partial charge is 0.417 e. The van der Waals surface area contributed by atoms with Crippen molar-refractivity contribution in [1.29, 1.82) is 5.26 Å². The van der Waals surface area contributed by atoms with Crippen LogP contribution in [0.4, 0.5) is 13.2 Å². The summed E-state index contributed by atoms with van der Waals surface area (Å²) >= 11 is 1.51. The number of nitriles is 1. The minimum Gasteiger partial charge on any atom is -0.292 e. The molecular weight excluding hydrogens is 349 g/mol. The molecule has 3 nitrogen and oxygen atoms in total. The highest BCUT2D eigenvalue weighted by molar-refractivity contribution is 7.10. The summed E-state index contributed by atoms with van der Waals surface area (Å²) in [5.74, 6) is -1.01. The van der Waals surface area contributed by atoms with Crippen molar-refractivity contribution >= 4 is 17.1 Å². The van der Waals surface area contributed by atoms with E-state index in [1.54, 1.807) is 5.38 Å². The van der Waals surface area contributed by atoms with Crippen LogP contribution in [0, 0.1) is 17.2 Å². The van der Waals surface area contributed by atoms with E-state index in [-0.39, 0.29) is 11.5 Å². The molecule has 0 fully saturated rings. The van der Waals surface area contributed by atoms with E-state index in [4.69, 9.17) is 0 Å². The van der Waals surface area contributed by atoms with Crippen molar-refractivity contribution < 1.29 is 18.0 Å². The maximum Gasteiger partial charge on any atom is 0.417 e. The number of carbonyl (C=O) groups excluding carboxylic acids is 1. The van der Waals surface area contributed by atoms with Crippen molar-refractivity contribution in [2.24, 2.45) is 5.92 Å². The van der Waals surface area contributed by atoms with E-state index in [2.05, 4.69) is 11.9 Å². The quantitative estimate of drug-likeness (QED) is 0.737. The van der Waals surface area contributed by atoms with Gasteiger partial charge in [-0.05, 0) is 42.9 Å². The van der Waals surface area contributed by atoms with Crippen molar-refractivity contribution in [2.75, 3.05) is 0 Å². The molecule has 2 aromatic rings. The number of rotatable bonds is 3. The van der Waals surface area contributed by atoms with Crippen LogP contribution in [0.3, 0.4) is 0 Å². The molecule has 2 unspecified atom stereocenters. The van der Waals surface area contributed by atoms with Crippen LogP contribution in [0.1, 0.15) is 51.3 Å².